The zero-order valence-corrected chi connectivity index (χ0v) is 9.32. The fourth-order valence-corrected chi connectivity index (χ4v) is 2.14. The van der Waals surface area contributed by atoms with Gasteiger partial charge in [0.05, 0.1) is 13.3 Å². The maximum absolute atomic E-state index is 13.4. The highest BCUT2D eigenvalue weighted by Gasteiger charge is 2.30. The first kappa shape index (κ1) is 13.0. The first-order valence-corrected chi connectivity index (χ1v) is 6.05. The number of hydrogen-bond acceptors (Lipinski definition) is 4. The summed E-state index contributed by atoms with van der Waals surface area (Å²) in [5, 5.41) is 0. The summed E-state index contributed by atoms with van der Waals surface area (Å²) in [6, 6.07) is 0. The lowest BCUT2D eigenvalue weighted by molar-refractivity contribution is 0.141. The van der Waals surface area contributed by atoms with Gasteiger partial charge in [0.25, 0.3) is 15.5 Å². The average molecular weight is 276 g/mol. The molecule has 0 aliphatic rings. The number of pyridine rings is 1. The monoisotopic (exact) mass is 275 g/mol. The Bertz CT molecular complexity index is 506. The quantitative estimate of drug-likeness (QED) is 0.793. The Hall–Kier alpha value is -1.02. The number of methoxy groups -OCH3 is 1. The van der Waals surface area contributed by atoms with Gasteiger partial charge in [0.15, 0.2) is 11.6 Å². The van der Waals surface area contributed by atoms with Crippen LogP contribution in [0.25, 0.3) is 0 Å². The van der Waals surface area contributed by atoms with Crippen molar-refractivity contribution in [3.8, 4) is 5.75 Å². The van der Waals surface area contributed by atoms with E-state index >= 15 is 0 Å². The lowest BCUT2D eigenvalue weighted by Crippen LogP contribution is -2.07. The number of rotatable bonds is 3. The lowest BCUT2D eigenvalue weighted by Gasteiger charge is -2.08. The Morgan fingerprint density at radius 2 is 2.06 bits per heavy atom. The van der Waals surface area contributed by atoms with Crippen molar-refractivity contribution in [2.45, 2.75) is 11.3 Å². The van der Waals surface area contributed by atoms with E-state index < -0.39 is 37.6 Å². The van der Waals surface area contributed by atoms with E-state index in [0.717, 1.165) is 7.11 Å². The average Bonchev–Trinajstić information content (AvgIpc) is 2.14. The van der Waals surface area contributed by atoms with Crippen LogP contribution in [0, 0.1) is 5.82 Å². The largest absolute Gasteiger partial charge is 0.492 e. The molecule has 90 valence electrons. The molecule has 0 saturated carbocycles. The van der Waals surface area contributed by atoms with Crippen molar-refractivity contribution in [1.82, 2.24) is 4.98 Å². The fourth-order valence-electron chi connectivity index (χ4n) is 0.997. The Morgan fingerprint density at radius 3 is 2.44 bits per heavy atom. The Balaban J connectivity index is 3.63. The van der Waals surface area contributed by atoms with Crippen LogP contribution in [0.4, 0.5) is 13.2 Å². The van der Waals surface area contributed by atoms with E-state index in [9.17, 15) is 21.6 Å². The third-order valence-corrected chi connectivity index (χ3v) is 2.98. The molecular formula is C7H5ClF3NO3S. The Kier molecular flexibility index (Phi) is 3.64. The van der Waals surface area contributed by atoms with Crippen LogP contribution >= 0.6 is 10.7 Å². The van der Waals surface area contributed by atoms with E-state index in [-0.39, 0.29) is 0 Å². The summed E-state index contributed by atoms with van der Waals surface area (Å²) in [6.45, 7) is 0. The maximum Gasteiger partial charge on any atom is 0.281 e. The van der Waals surface area contributed by atoms with Gasteiger partial charge in [-0.2, -0.15) is 0 Å². The van der Waals surface area contributed by atoms with E-state index in [0.29, 0.717) is 6.20 Å². The highest BCUT2D eigenvalue weighted by Crippen LogP contribution is 2.33. The molecule has 1 rings (SSSR count). The van der Waals surface area contributed by atoms with Crippen LogP contribution in [0.2, 0.25) is 0 Å². The summed E-state index contributed by atoms with van der Waals surface area (Å²) in [4.78, 5) is 1.74. The molecular weight excluding hydrogens is 271 g/mol. The zero-order valence-electron chi connectivity index (χ0n) is 7.75. The van der Waals surface area contributed by atoms with Crippen LogP contribution in [0.3, 0.4) is 0 Å². The number of hydrogen-bond donors (Lipinski definition) is 0. The summed E-state index contributed by atoms with van der Waals surface area (Å²) in [6.07, 6.45) is -2.61. The molecule has 0 saturated heterocycles. The molecule has 9 heteroatoms. The molecule has 0 radical (unpaired) electrons. The minimum Gasteiger partial charge on any atom is -0.492 e. The van der Waals surface area contributed by atoms with Crippen molar-refractivity contribution in [2.24, 2.45) is 0 Å². The van der Waals surface area contributed by atoms with Crippen molar-refractivity contribution < 1.29 is 26.3 Å². The molecule has 0 unspecified atom stereocenters. The van der Waals surface area contributed by atoms with E-state index in [2.05, 4.69) is 9.72 Å². The van der Waals surface area contributed by atoms with Gasteiger partial charge < -0.3 is 4.74 Å². The fraction of sp³-hybridized carbons (Fsp3) is 0.286. The summed E-state index contributed by atoms with van der Waals surface area (Å²) < 4.78 is 64.5. The van der Waals surface area contributed by atoms with Crippen molar-refractivity contribution in [3.05, 3.63) is 17.7 Å². The molecule has 1 aromatic rings. The third-order valence-electron chi connectivity index (χ3n) is 1.64. The molecule has 0 atom stereocenters. The molecule has 1 heterocycles. The second kappa shape index (κ2) is 4.46. The third kappa shape index (κ3) is 2.38. The van der Waals surface area contributed by atoms with Gasteiger partial charge in [-0.15, -0.1) is 0 Å². The second-order valence-electron chi connectivity index (χ2n) is 2.59. The minimum absolute atomic E-state index is 0.580. The molecule has 0 aliphatic heterocycles. The van der Waals surface area contributed by atoms with Crippen LogP contribution in [0.5, 0.6) is 5.75 Å². The highest BCUT2D eigenvalue weighted by atomic mass is 35.7. The second-order valence-corrected chi connectivity index (χ2v) is 5.10. The van der Waals surface area contributed by atoms with E-state index in [1.807, 2.05) is 0 Å². The van der Waals surface area contributed by atoms with Crippen LogP contribution in [-0.4, -0.2) is 20.5 Å². The topological polar surface area (TPSA) is 56.3 Å². The number of nitrogens with zero attached hydrogens (tertiary/aromatic N) is 1. The van der Waals surface area contributed by atoms with Gasteiger partial charge in [0, 0.05) is 10.7 Å². The van der Waals surface area contributed by atoms with E-state index in [1.165, 1.54) is 0 Å². The minimum atomic E-state index is -4.67. The van der Waals surface area contributed by atoms with Gasteiger partial charge in [0.2, 0.25) is 0 Å². The lowest BCUT2D eigenvalue weighted by atomic mass is 10.3. The predicted molar refractivity (Wildman–Crippen MR) is 48.7 cm³/mol. The maximum atomic E-state index is 13.4. The van der Waals surface area contributed by atoms with Gasteiger partial charge in [-0.25, -0.2) is 26.6 Å². The van der Waals surface area contributed by atoms with Crippen molar-refractivity contribution in [3.63, 3.8) is 0 Å². The first-order valence-electron chi connectivity index (χ1n) is 3.74. The molecule has 0 fully saturated rings. The Morgan fingerprint density at radius 1 is 1.50 bits per heavy atom. The van der Waals surface area contributed by atoms with Gasteiger partial charge >= 0.3 is 0 Å². The SMILES string of the molecule is COc1cnc(C(F)F)c(S(=O)(=O)Cl)c1F. The smallest absolute Gasteiger partial charge is 0.281 e. The molecule has 0 bridgehead atoms. The van der Waals surface area contributed by atoms with E-state index in [1.54, 1.807) is 0 Å². The van der Waals surface area contributed by atoms with Gasteiger partial charge in [-0.1, -0.05) is 0 Å². The number of aromatic nitrogens is 1. The molecule has 0 amide bonds. The van der Waals surface area contributed by atoms with Crippen LogP contribution in [0.15, 0.2) is 11.1 Å². The summed E-state index contributed by atoms with van der Waals surface area (Å²) >= 11 is 0. The zero-order chi connectivity index (χ0) is 12.5. The molecule has 4 nitrogen and oxygen atoms in total. The van der Waals surface area contributed by atoms with Crippen molar-refractivity contribution in [1.29, 1.82) is 0 Å². The van der Waals surface area contributed by atoms with Gasteiger partial charge in [-0.05, 0) is 0 Å². The highest BCUT2D eigenvalue weighted by molar-refractivity contribution is 8.13. The molecule has 0 N–H and O–H groups in total. The summed E-state index contributed by atoms with van der Waals surface area (Å²) in [7, 11) is 1.21. The Labute approximate surface area is 93.4 Å². The van der Waals surface area contributed by atoms with Crippen LogP contribution in [-0.2, 0) is 9.05 Å². The van der Waals surface area contributed by atoms with Gasteiger partial charge in [0.1, 0.15) is 10.6 Å². The first-order chi connectivity index (χ1) is 7.29. The molecule has 1 aromatic heterocycles. The normalized spacial score (nSPS) is 11.9. The molecule has 0 aromatic carbocycles. The number of halogens is 4. The predicted octanol–water partition coefficient (Wildman–Crippen LogP) is 2.09. The van der Waals surface area contributed by atoms with E-state index in [4.69, 9.17) is 10.7 Å². The van der Waals surface area contributed by atoms with Gasteiger partial charge in [-0.3, -0.25) is 0 Å². The number of alkyl halides is 2. The summed E-state index contributed by atoms with van der Waals surface area (Å²) in [5.41, 5.74) is -1.24. The van der Waals surface area contributed by atoms with Crippen molar-refractivity contribution >= 4 is 19.7 Å². The van der Waals surface area contributed by atoms with Crippen molar-refractivity contribution in [2.75, 3.05) is 7.11 Å². The van der Waals surface area contributed by atoms with Crippen LogP contribution < -0.4 is 4.74 Å². The molecule has 0 spiro atoms. The number of ether oxygens (including phenoxy) is 1. The molecule has 16 heavy (non-hydrogen) atoms. The van der Waals surface area contributed by atoms with Crippen LogP contribution in [0.1, 0.15) is 12.1 Å². The summed E-state index contributed by atoms with van der Waals surface area (Å²) in [5.74, 6) is -2.06. The molecule has 0 aliphatic carbocycles. The standard InChI is InChI=1S/C7H5ClF3NO3S/c1-15-3-2-12-5(7(10)11)6(4(3)9)16(8,13)14/h2,7H,1H3.